The lowest BCUT2D eigenvalue weighted by Gasteiger charge is -2.41. The number of alkyl halides is 1. The van der Waals surface area contributed by atoms with Crippen molar-refractivity contribution in [3.05, 3.63) is 87.3 Å². The summed E-state index contributed by atoms with van der Waals surface area (Å²) in [7, 11) is 0. The van der Waals surface area contributed by atoms with Crippen LogP contribution in [-0.2, 0) is 12.2 Å². The molecule has 4 rings (SSSR count). The van der Waals surface area contributed by atoms with Crippen molar-refractivity contribution in [3.8, 4) is 0 Å². The van der Waals surface area contributed by atoms with Crippen molar-refractivity contribution in [2.24, 2.45) is 0 Å². The van der Waals surface area contributed by atoms with Gasteiger partial charge in [-0.15, -0.1) is 0 Å². The molecule has 0 saturated carbocycles. The fraction of sp³-hybridized carbons (Fsp3) is 0.318. The second-order valence-corrected chi connectivity index (χ2v) is 8.10. The summed E-state index contributed by atoms with van der Waals surface area (Å²) in [5, 5.41) is 0.626. The number of anilines is 1. The third-order valence-electron chi connectivity index (χ3n) is 5.54. The Morgan fingerprint density at radius 1 is 1.17 bits per heavy atom. The first-order chi connectivity index (χ1) is 14.3. The lowest BCUT2D eigenvalue weighted by Crippen LogP contribution is -2.47. The van der Waals surface area contributed by atoms with E-state index in [0.717, 1.165) is 5.56 Å². The summed E-state index contributed by atoms with van der Waals surface area (Å²) >= 11 is 5.89. The van der Waals surface area contributed by atoms with Crippen molar-refractivity contribution >= 4 is 17.5 Å². The molecule has 2 unspecified atom stereocenters. The van der Waals surface area contributed by atoms with E-state index < -0.39 is 11.4 Å². The number of nitrogens with zero attached hydrogens (tertiary/aromatic N) is 4. The molecule has 0 N–H and O–H groups in total. The third kappa shape index (κ3) is 4.21. The molecule has 8 heteroatoms. The first kappa shape index (κ1) is 20.5. The topological polar surface area (TPSA) is 51.0 Å². The van der Waals surface area contributed by atoms with Crippen LogP contribution in [0.3, 0.4) is 0 Å². The minimum Gasteiger partial charge on any atom is -0.338 e. The van der Waals surface area contributed by atoms with Crippen molar-refractivity contribution < 1.29 is 8.78 Å². The molecule has 30 heavy (non-hydrogen) atoms. The molecular formula is C22H21ClF2N4O. The smallest absolute Gasteiger partial charge is 0.338 e. The second kappa shape index (κ2) is 8.14. The number of hydrogen-bond acceptors (Lipinski definition) is 4. The molecule has 0 amide bonds. The number of rotatable bonds is 4. The molecule has 1 aliphatic heterocycles. The van der Waals surface area contributed by atoms with E-state index >= 15 is 4.39 Å². The summed E-state index contributed by atoms with van der Waals surface area (Å²) < 4.78 is 30.1. The van der Waals surface area contributed by atoms with Gasteiger partial charge in [0.2, 0.25) is 5.95 Å². The van der Waals surface area contributed by atoms with E-state index in [9.17, 15) is 9.18 Å². The predicted molar refractivity (Wildman–Crippen MR) is 112 cm³/mol. The molecule has 1 aromatic heterocycles. The molecule has 2 heterocycles. The molecule has 1 saturated heterocycles. The van der Waals surface area contributed by atoms with Gasteiger partial charge in [-0.05, 0) is 42.3 Å². The van der Waals surface area contributed by atoms with Gasteiger partial charge in [-0.2, -0.15) is 4.98 Å². The van der Waals surface area contributed by atoms with E-state index in [-0.39, 0.29) is 24.7 Å². The first-order valence-electron chi connectivity index (χ1n) is 9.74. The van der Waals surface area contributed by atoms with E-state index in [0.29, 0.717) is 29.6 Å². The van der Waals surface area contributed by atoms with Crippen LogP contribution in [0.25, 0.3) is 0 Å². The molecule has 5 nitrogen and oxygen atoms in total. The summed E-state index contributed by atoms with van der Waals surface area (Å²) in [4.78, 5) is 22.8. The maximum Gasteiger partial charge on any atom is 0.352 e. The number of benzene rings is 2. The third-order valence-corrected chi connectivity index (χ3v) is 5.79. The minimum absolute atomic E-state index is 0.204. The van der Waals surface area contributed by atoms with Gasteiger partial charge in [-0.3, -0.25) is 4.57 Å². The molecule has 2 atom stereocenters. The van der Waals surface area contributed by atoms with Gasteiger partial charge in [0, 0.05) is 30.5 Å². The number of halogens is 3. The quantitative estimate of drug-likeness (QED) is 0.618. The number of piperidine rings is 1. The van der Waals surface area contributed by atoms with Crippen LogP contribution in [0.15, 0.2) is 59.7 Å². The van der Waals surface area contributed by atoms with Gasteiger partial charge in [-0.25, -0.2) is 18.6 Å². The zero-order chi connectivity index (χ0) is 21.3. The standard InChI is InChI=1S/C22H21ClF2N4O/c1-15-12-22(25,17-4-8-19(24)9-5-17)10-11-29(15)20-26-14-28(21(30)27-20)13-16-2-6-18(23)7-3-16/h2-9,14-15H,10-13H2,1H3. The SMILES string of the molecule is CC1CC(F)(c2ccc(F)cc2)CCN1c1ncn(Cc2ccc(Cl)cc2)c(=O)n1. The van der Waals surface area contributed by atoms with Gasteiger partial charge >= 0.3 is 5.69 Å². The first-order valence-corrected chi connectivity index (χ1v) is 10.1. The molecule has 156 valence electrons. The molecule has 2 aromatic carbocycles. The molecule has 3 aromatic rings. The zero-order valence-electron chi connectivity index (χ0n) is 16.4. The predicted octanol–water partition coefficient (Wildman–Crippen LogP) is 4.33. The van der Waals surface area contributed by atoms with Crippen molar-refractivity contribution in [2.45, 2.75) is 38.0 Å². The van der Waals surface area contributed by atoms with Crippen LogP contribution >= 0.6 is 11.6 Å². The summed E-state index contributed by atoms with van der Waals surface area (Å²) in [6.07, 6.45) is 1.87. The van der Waals surface area contributed by atoms with Gasteiger partial charge in [0.25, 0.3) is 0 Å². The Balaban J connectivity index is 1.49. The van der Waals surface area contributed by atoms with E-state index in [1.807, 2.05) is 24.0 Å². The highest BCUT2D eigenvalue weighted by Crippen LogP contribution is 2.40. The van der Waals surface area contributed by atoms with Crippen molar-refractivity contribution in [2.75, 3.05) is 11.4 Å². The highest BCUT2D eigenvalue weighted by atomic mass is 35.5. The normalized spacial score (nSPS) is 21.6. The van der Waals surface area contributed by atoms with Gasteiger partial charge in [-0.1, -0.05) is 35.9 Å². The highest BCUT2D eigenvalue weighted by Gasteiger charge is 2.40. The van der Waals surface area contributed by atoms with Crippen LogP contribution in [0.5, 0.6) is 0 Å². The summed E-state index contributed by atoms with van der Waals surface area (Å²) in [6.45, 7) is 2.57. The van der Waals surface area contributed by atoms with Gasteiger partial charge in [0.1, 0.15) is 17.8 Å². The lowest BCUT2D eigenvalue weighted by molar-refractivity contribution is 0.107. The average molecular weight is 431 g/mol. The maximum atomic E-state index is 15.5. The molecule has 1 aliphatic rings. The fourth-order valence-electron chi connectivity index (χ4n) is 3.89. The molecule has 0 radical (unpaired) electrons. The largest absolute Gasteiger partial charge is 0.352 e. The van der Waals surface area contributed by atoms with E-state index in [1.54, 1.807) is 12.1 Å². The second-order valence-electron chi connectivity index (χ2n) is 7.66. The van der Waals surface area contributed by atoms with Gasteiger partial charge in [0.05, 0.1) is 6.54 Å². The molecule has 0 bridgehead atoms. The Hall–Kier alpha value is -2.80. The fourth-order valence-corrected chi connectivity index (χ4v) is 4.02. The Bertz CT molecular complexity index is 1090. The summed E-state index contributed by atoms with van der Waals surface area (Å²) in [5.74, 6) is -0.0959. The summed E-state index contributed by atoms with van der Waals surface area (Å²) in [6, 6.07) is 12.5. The monoisotopic (exact) mass is 430 g/mol. The molecule has 0 spiro atoms. The molecule has 1 fully saturated rings. The molecule has 0 aliphatic carbocycles. The van der Waals surface area contributed by atoms with Crippen LogP contribution in [-0.4, -0.2) is 27.1 Å². The molecular weight excluding hydrogens is 410 g/mol. The summed E-state index contributed by atoms with van der Waals surface area (Å²) in [5.41, 5.74) is -0.592. The minimum atomic E-state index is -1.55. The van der Waals surface area contributed by atoms with Crippen LogP contribution < -0.4 is 10.6 Å². The lowest BCUT2D eigenvalue weighted by atomic mass is 9.83. The highest BCUT2D eigenvalue weighted by molar-refractivity contribution is 6.30. The van der Waals surface area contributed by atoms with Crippen LogP contribution in [0, 0.1) is 5.82 Å². The Morgan fingerprint density at radius 3 is 2.50 bits per heavy atom. The van der Waals surface area contributed by atoms with Crippen LogP contribution in [0.4, 0.5) is 14.7 Å². The van der Waals surface area contributed by atoms with Crippen molar-refractivity contribution in [3.63, 3.8) is 0 Å². The maximum absolute atomic E-state index is 15.5. The Morgan fingerprint density at radius 2 is 1.87 bits per heavy atom. The van der Waals surface area contributed by atoms with E-state index in [1.165, 1.54) is 35.2 Å². The van der Waals surface area contributed by atoms with Gasteiger partial charge < -0.3 is 4.90 Å². The Kier molecular flexibility index (Phi) is 5.56. The van der Waals surface area contributed by atoms with Crippen LogP contribution in [0.1, 0.15) is 30.9 Å². The number of aromatic nitrogens is 3. The van der Waals surface area contributed by atoms with Gasteiger partial charge in [0.15, 0.2) is 0 Å². The van der Waals surface area contributed by atoms with Crippen molar-refractivity contribution in [1.82, 2.24) is 14.5 Å². The Labute approximate surface area is 178 Å². The van der Waals surface area contributed by atoms with Crippen molar-refractivity contribution in [1.29, 1.82) is 0 Å². The van der Waals surface area contributed by atoms with E-state index in [4.69, 9.17) is 11.6 Å². The van der Waals surface area contributed by atoms with Crippen LogP contribution in [0.2, 0.25) is 5.02 Å². The average Bonchev–Trinajstić information content (AvgIpc) is 2.72. The van der Waals surface area contributed by atoms with E-state index in [2.05, 4.69) is 9.97 Å². The number of hydrogen-bond donors (Lipinski definition) is 0. The zero-order valence-corrected chi connectivity index (χ0v) is 17.2.